The Morgan fingerprint density at radius 2 is 1.61 bits per heavy atom. The first-order valence-electron chi connectivity index (χ1n) is 9.96. The third-order valence-electron chi connectivity index (χ3n) is 6.07. The second-order valence-corrected chi connectivity index (χ2v) is 7.90. The van der Waals surface area contributed by atoms with Crippen LogP contribution in [0.2, 0.25) is 0 Å². The highest BCUT2D eigenvalue weighted by Gasteiger charge is 2.64. The molecule has 0 saturated carbocycles. The largest absolute Gasteiger partial charge is 0.427 e. The summed E-state index contributed by atoms with van der Waals surface area (Å²) in [4.78, 5) is 51.8. The van der Waals surface area contributed by atoms with Crippen molar-refractivity contribution in [1.82, 2.24) is 5.01 Å². The minimum absolute atomic E-state index is 0.206. The normalized spacial score (nSPS) is 25.9. The fraction of sp³-hybridized carbons (Fsp3) is 0.261. The SMILES string of the molecule is CC(=O)Oc1ccc(N2C(=O)[C@@H]3[C@H](C2=O)[C@H]2c4ccccc4C=NN2[C@@H]3C(C)=O)cc1. The van der Waals surface area contributed by atoms with Crippen LogP contribution in [0.3, 0.4) is 0 Å². The number of hydrazone groups is 1. The fourth-order valence-electron chi connectivity index (χ4n) is 4.91. The summed E-state index contributed by atoms with van der Waals surface area (Å²) in [5.74, 6) is -2.66. The Hall–Kier alpha value is -3.81. The second-order valence-electron chi connectivity index (χ2n) is 7.90. The molecule has 8 heteroatoms. The van der Waals surface area contributed by atoms with Crippen molar-refractivity contribution in [2.75, 3.05) is 4.90 Å². The smallest absolute Gasteiger partial charge is 0.308 e. The zero-order valence-electron chi connectivity index (χ0n) is 16.9. The van der Waals surface area contributed by atoms with Crippen LogP contribution in [0.25, 0.3) is 0 Å². The summed E-state index contributed by atoms with van der Waals surface area (Å²) in [6.07, 6.45) is 1.67. The van der Waals surface area contributed by atoms with Crippen molar-refractivity contribution in [1.29, 1.82) is 0 Å². The lowest BCUT2D eigenvalue weighted by Crippen LogP contribution is -2.43. The molecule has 5 rings (SSSR count). The number of esters is 1. The number of hydrogen-bond donors (Lipinski definition) is 0. The van der Waals surface area contributed by atoms with Crippen LogP contribution < -0.4 is 9.64 Å². The van der Waals surface area contributed by atoms with E-state index < -0.39 is 35.8 Å². The zero-order valence-corrected chi connectivity index (χ0v) is 16.9. The van der Waals surface area contributed by atoms with Gasteiger partial charge in [0.25, 0.3) is 0 Å². The summed E-state index contributed by atoms with van der Waals surface area (Å²) in [5, 5.41) is 6.06. The molecule has 3 aliphatic heterocycles. The molecule has 3 heterocycles. The van der Waals surface area contributed by atoms with E-state index in [1.54, 1.807) is 23.4 Å². The van der Waals surface area contributed by atoms with Crippen LogP contribution in [0.15, 0.2) is 53.6 Å². The van der Waals surface area contributed by atoms with Crippen molar-refractivity contribution in [2.45, 2.75) is 25.9 Å². The van der Waals surface area contributed by atoms with E-state index in [2.05, 4.69) is 5.10 Å². The van der Waals surface area contributed by atoms with Crippen LogP contribution in [0.1, 0.15) is 31.0 Å². The number of carbonyl (C=O) groups excluding carboxylic acids is 4. The number of fused-ring (bicyclic) bond motifs is 5. The van der Waals surface area contributed by atoms with Gasteiger partial charge in [0.2, 0.25) is 11.8 Å². The predicted molar refractivity (Wildman–Crippen MR) is 110 cm³/mol. The Balaban J connectivity index is 1.56. The molecule has 31 heavy (non-hydrogen) atoms. The van der Waals surface area contributed by atoms with Crippen molar-refractivity contribution >= 4 is 35.5 Å². The Morgan fingerprint density at radius 3 is 2.29 bits per heavy atom. The number of hydrogen-bond acceptors (Lipinski definition) is 7. The highest BCUT2D eigenvalue weighted by atomic mass is 16.5. The molecule has 2 amide bonds. The molecule has 2 aromatic carbocycles. The molecular weight excluding hydrogens is 398 g/mol. The maximum atomic E-state index is 13.5. The molecule has 0 spiro atoms. The van der Waals surface area contributed by atoms with Gasteiger partial charge in [0.15, 0.2) is 5.78 Å². The van der Waals surface area contributed by atoms with E-state index in [4.69, 9.17) is 4.74 Å². The Kier molecular flexibility index (Phi) is 4.25. The number of benzene rings is 2. The van der Waals surface area contributed by atoms with Gasteiger partial charge in [0.05, 0.1) is 29.8 Å². The minimum atomic E-state index is -0.813. The van der Waals surface area contributed by atoms with Gasteiger partial charge in [-0.2, -0.15) is 5.10 Å². The summed E-state index contributed by atoms with van der Waals surface area (Å²) < 4.78 is 5.02. The third kappa shape index (κ3) is 2.78. The van der Waals surface area contributed by atoms with Gasteiger partial charge in [-0.25, -0.2) is 4.90 Å². The van der Waals surface area contributed by atoms with Gasteiger partial charge in [-0.15, -0.1) is 0 Å². The molecule has 0 bridgehead atoms. The molecule has 156 valence electrons. The van der Waals surface area contributed by atoms with E-state index in [0.29, 0.717) is 11.4 Å². The van der Waals surface area contributed by atoms with E-state index in [1.165, 1.54) is 26.0 Å². The summed E-state index contributed by atoms with van der Waals surface area (Å²) in [5.41, 5.74) is 2.13. The van der Waals surface area contributed by atoms with E-state index >= 15 is 0 Å². The molecule has 4 atom stereocenters. The Morgan fingerprint density at radius 1 is 0.935 bits per heavy atom. The lowest BCUT2D eigenvalue weighted by molar-refractivity contribution is -0.132. The molecule has 0 unspecified atom stereocenters. The van der Waals surface area contributed by atoms with Gasteiger partial charge in [0.1, 0.15) is 11.8 Å². The topological polar surface area (TPSA) is 96.3 Å². The van der Waals surface area contributed by atoms with Crippen LogP contribution in [0.4, 0.5) is 5.69 Å². The molecule has 2 fully saturated rings. The van der Waals surface area contributed by atoms with Crippen molar-refractivity contribution < 1.29 is 23.9 Å². The molecule has 0 N–H and O–H groups in total. The van der Waals surface area contributed by atoms with Crippen LogP contribution in [-0.4, -0.2) is 40.8 Å². The van der Waals surface area contributed by atoms with E-state index in [-0.39, 0.29) is 11.7 Å². The monoisotopic (exact) mass is 417 g/mol. The number of imide groups is 1. The maximum Gasteiger partial charge on any atom is 0.308 e. The average molecular weight is 417 g/mol. The number of nitrogens with zero attached hydrogens (tertiary/aromatic N) is 3. The number of ether oxygens (including phenoxy) is 1. The van der Waals surface area contributed by atoms with E-state index in [9.17, 15) is 19.2 Å². The summed E-state index contributed by atoms with van der Waals surface area (Å²) >= 11 is 0. The predicted octanol–water partition coefficient (Wildman–Crippen LogP) is 2.08. The van der Waals surface area contributed by atoms with Crippen LogP contribution >= 0.6 is 0 Å². The average Bonchev–Trinajstić information content (AvgIpc) is 3.21. The zero-order chi connectivity index (χ0) is 21.9. The fourth-order valence-corrected chi connectivity index (χ4v) is 4.91. The number of ketones is 1. The standard InChI is InChI=1S/C23H19N3O5/c1-12(27)20-18-19(21-17-6-4-3-5-14(17)11-24-26(20)21)23(30)25(22(18)29)15-7-9-16(10-8-15)31-13(2)28/h3-11,18-21H,1-2H3/t18-,19+,20-,21-/m1/s1. The van der Waals surface area contributed by atoms with Gasteiger partial charge < -0.3 is 4.74 Å². The van der Waals surface area contributed by atoms with Crippen molar-refractivity contribution in [3.8, 4) is 5.75 Å². The Labute approximate surface area is 178 Å². The molecule has 2 saturated heterocycles. The quantitative estimate of drug-likeness (QED) is 0.431. The molecule has 2 aromatic rings. The molecule has 8 nitrogen and oxygen atoms in total. The number of carbonyl (C=O) groups is 4. The van der Waals surface area contributed by atoms with Crippen molar-refractivity contribution in [3.63, 3.8) is 0 Å². The van der Waals surface area contributed by atoms with E-state index in [1.807, 2.05) is 24.3 Å². The summed E-state index contributed by atoms with van der Waals surface area (Å²) in [6, 6.07) is 12.5. The minimum Gasteiger partial charge on any atom is -0.427 e. The maximum absolute atomic E-state index is 13.5. The van der Waals surface area contributed by atoms with Crippen LogP contribution in [0, 0.1) is 11.8 Å². The number of rotatable bonds is 3. The lowest BCUT2D eigenvalue weighted by atomic mass is 9.84. The molecule has 0 aromatic heterocycles. The van der Waals surface area contributed by atoms with Gasteiger partial charge in [-0.1, -0.05) is 24.3 Å². The van der Waals surface area contributed by atoms with Crippen molar-refractivity contribution in [3.05, 3.63) is 59.7 Å². The second kappa shape index (κ2) is 6.87. The van der Waals surface area contributed by atoms with Gasteiger partial charge in [0, 0.05) is 6.92 Å². The summed E-state index contributed by atoms with van der Waals surface area (Å²) in [7, 11) is 0. The van der Waals surface area contributed by atoms with Gasteiger partial charge in [-0.3, -0.25) is 24.2 Å². The molecule has 0 aliphatic carbocycles. The van der Waals surface area contributed by atoms with Crippen LogP contribution in [-0.2, 0) is 19.2 Å². The molecular formula is C23H19N3O5. The third-order valence-corrected chi connectivity index (χ3v) is 6.07. The Bertz CT molecular complexity index is 1160. The van der Waals surface area contributed by atoms with Crippen molar-refractivity contribution in [2.24, 2.45) is 16.9 Å². The molecule has 3 aliphatic rings. The van der Waals surface area contributed by atoms with Gasteiger partial charge in [-0.05, 0) is 42.3 Å². The van der Waals surface area contributed by atoms with E-state index in [0.717, 1.165) is 16.0 Å². The lowest BCUT2D eigenvalue weighted by Gasteiger charge is -2.33. The number of amides is 2. The first kappa shape index (κ1) is 19.2. The highest BCUT2D eigenvalue weighted by molar-refractivity contribution is 6.24. The first-order chi connectivity index (χ1) is 14.9. The molecule has 0 radical (unpaired) electrons. The van der Waals surface area contributed by atoms with Crippen LogP contribution in [0.5, 0.6) is 5.75 Å². The number of Topliss-reactive ketones (excluding diaryl/α,β-unsaturated/α-hetero) is 1. The first-order valence-corrected chi connectivity index (χ1v) is 9.96. The van der Waals surface area contributed by atoms with Gasteiger partial charge >= 0.3 is 5.97 Å². The highest BCUT2D eigenvalue weighted by Crippen LogP contribution is 2.52. The summed E-state index contributed by atoms with van der Waals surface area (Å²) in [6.45, 7) is 2.72. The number of anilines is 1.